The van der Waals surface area contributed by atoms with Crippen LogP contribution in [0.2, 0.25) is 0 Å². The van der Waals surface area contributed by atoms with E-state index >= 15 is 0 Å². The normalized spacial score (nSPS) is 27.3. The van der Waals surface area contributed by atoms with E-state index in [1.54, 1.807) is 0 Å². The van der Waals surface area contributed by atoms with Crippen molar-refractivity contribution >= 4 is 12.2 Å². The molecule has 1 aliphatic heterocycles. The van der Waals surface area contributed by atoms with Gasteiger partial charge in [0.15, 0.2) is 0 Å². The fourth-order valence-corrected chi connectivity index (χ4v) is 0.486. The molecule has 0 bridgehead atoms. The summed E-state index contributed by atoms with van der Waals surface area (Å²) in [5.41, 5.74) is -2.50. The Hall–Kier alpha value is -1.86. The molecule has 0 spiro atoms. The lowest BCUT2D eigenvalue weighted by molar-refractivity contribution is -0.530. The van der Waals surface area contributed by atoms with Crippen molar-refractivity contribution in [2.45, 2.75) is 5.66 Å². The van der Waals surface area contributed by atoms with Crippen LogP contribution in [0.15, 0.2) is 15.4 Å². The lowest BCUT2D eigenvalue weighted by atomic mass is 10.2. The van der Waals surface area contributed by atoms with Crippen molar-refractivity contribution in [2.75, 3.05) is 0 Å². The quantitative estimate of drug-likeness (QED) is 0.430. The van der Waals surface area contributed by atoms with E-state index in [0.29, 0.717) is 6.21 Å². The van der Waals surface area contributed by atoms with Crippen LogP contribution in [0.3, 0.4) is 0 Å². The molecule has 1 aliphatic rings. The Morgan fingerprint density at radius 2 is 2.36 bits per heavy atom. The second kappa shape index (κ2) is 2.08. The predicted molar refractivity (Wildman–Crippen MR) is 30.7 cm³/mol. The minimum absolute atomic E-state index is 0.565. The van der Waals surface area contributed by atoms with E-state index in [2.05, 4.69) is 15.4 Å². The molecule has 1 heterocycles. The number of carbonyl (C=O) groups is 1. The number of carboxylic acids is 1. The minimum Gasteiger partial charge on any atom is -0.474 e. The summed E-state index contributed by atoms with van der Waals surface area (Å²) in [4.78, 5) is 19.3. The van der Waals surface area contributed by atoms with Gasteiger partial charge in [0.05, 0.1) is 4.92 Å². The zero-order valence-electron chi connectivity index (χ0n) is 5.04. The van der Waals surface area contributed by atoms with E-state index in [1.807, 2.05) is 0 Å². The van der Waals surface area contributed by atoms with Gasteiger partial charge in [0, 0.05) is 0 Å². The van der Waals surface area contributed by atoms with Crippen molar-refractivity contribution < 1.29 is 14.8 Å². The number of nitro groups is 1. The van der Waals surface area contributed by atoms with Crippen molar-refractivity contribution in [3.63, 3.8) is 0 Å². The summed E-state index contributed by atoms with van der Waals surface area (Å²) in [5, 5.41) is 27.2. The third kappa shape index (κ3) is 0.838. The Morgan fingerprint density at radius 1 is 1.73 bits per heavy atom. The van der Waals surface area contributed by atoms with Gasteiger partial charge in [-0.05, 0) is 5.22 Å². The highest BCUT2D eigenvalue weighted by atomic mass is 16.6. The van der Waals surface area contributed by atoms with Gasteiger partial charge in [-0.15, -0.1) is 5.10 Å². The van der Waals surface area contributed by atoms with Crippen molar-refractivity contribution in [1.29, 1.82) is 0 Å². The second-order valence-electron chi connectivity index (χ2n) is 1.72. The Balaban J connectivity index is 3.09. The summed E-state index contributed by atoms with van der Waals surface area (Å²) < 4.78 is 0. The first-order valence-electron chi connectivity index (χ1n) is 2.44. The molecular formula is C3H2N4O4. The summed E-state index contributed by atoms with van der Waals surface area (Å²) in [5.74, 6) is -1.70. The molecule has 0 aliphatic carbocycles. The molecule has 1 rings (SSSR count). The maximum Gasteiger partial charge on any atom is 0.464 e. The molecule has 0 radical (unpaired) electrons. The number of carboxylic acid groups (broad SMARTS) is 1. The van der Waals surface area contributed by atoms with Crippen LogP contribution < -0.4 is 0 Å². The van der Waals surface area contributed by atoms with Crippen LogP contribution in [0.5, 0.6) is 0 Å². The van der Waals surface area contributed by atoms with Crippen molar-refractivity contribution in [2.24, 2.45) is 15.4 Å². The average Bonchev–Trinajstić information content (AvgIpc) is 2.34. The SMILES string of the molecule is O=C(O)C1([N+](=O)[O-])C=NN=N1. The Kier molecular flexibility index (Phi) is 1.37. The van der Waals surface area contributed by atoms with Crippen LogP contribution in [-0.2, 0) is 4.79 Å². The largest absolute Gasteiger partial charge is 0.474 e. The minimum atomic E-state index is -2.50. The van der Waals surface area contributed by atoms with Gasteiger partial charge in [-0.25, -0.2) is 4.79 Å². The van der Waals surface area contributed by atoms with E-state index in [9.17, 15) is 14.9 Å². The van der Waals surface area contributed by atoms with E-state index < -0.39 is 16.6 Å². The molecule has 0 fully saturated rings. The Bertz CT molecular complexity index is 241. The molecule has 11 heavy (non-hydrogen) atoms. The van der Waals surface area contributed by atoms with Gasteiger partial charge in [-0.3, -0.25) is 10.1 Å². The topological polar surface area (TPSA) is 118 Å². The average molecular weight is 158 g/mol. The molecule has 8 heteroatoms. The maximum atomic E-state index is 10.3. The van der Waals surface area contributed by atoms with Gasteiger partial charge in [0.2, 0.25) is 0 Å². The highest BCUT2D eigenvalue weighted by molar-refractivity contribution is 5.97. The molecule has 0 aromatic heterocycles. The fraction of sp³-hybridized carbons (Fsp3) is 0.333. The highest BCUT2D eigenvalue weighted by Gasteiger charge is 2.53. The molecule has 58 valence electrons. The van der Waals surface area contributed by atoms with Crippen LogP contribution >= 0.6 is 0 Å². The highest BCUT2D eigenvalue weighted by Crippen LogP contribution is 2.15. The zero-order chi connectivity index (χ0) is 8.48. The third-order valence-corrected chi connectivity index (χ3v) is 1.08. The fourth-order valence-electron chi connectivity index (χ4n) is 0.486. The molecule has 1 unspecified atom stereocenters. The van der Waals surface area contributed by atoms with Crippen LogP contribution in [0.25, 0.3) is 0 Å². The first-order chi connectivity index (χ1) is 5.09. The molecule has 0 saturated carbocycles. The van der Waals surface area contributed by atoms with E-state index in [-0.39, 0.29) is 0 Å². The smallest absolute Gasteiger partial charge is 0.464 e. The summed E-state index contributed by atoms with van der Waals surface area (Å²) in [6.45, 7) is 0. The number of hydrogen-bond acceptors (Lipinski definition) is 6. The summed E-state index contributed by atoms with van der Waals surface area (Å²) >= 11 is 0. The van der Waals surface area contributed by atoms with E-state index in [4.69, 9.17) is 5.11 Å². The third-order valence-electron chi connectivity index (χ3n) is 1.08. The van der Waals surface area contributed by atoms with Gasteiger partial charge in [0.25, 0.3) is 0 Å². The van der Waals surface area contributed by atoms with Crippen molar-refractivity contribution in [3.8, 4) is 0 Å². The molecular weight excluding hydrogens is 156 g/mol. The number of nitrogens with zero attached hydrogens (tertiary/aromatic N) is 4. The molecule has 1 N–H and O–H groups in total. The molecule has 0 aromatic rings. The van der Waals surface area contributed by atoms with E-state index in [0.717, 1.165) is 0 Å². The second-order valence-corrected chi connectivity index (χ2v) is 1.72. The predicted octanol–water partition coefficient (Wildman–Crippen LogP) is -0.504. The monoisotopic (exact) mass is 158 g/mol. The molecule has 0 aromatic carbocycles. The summed E-state index contributed by atoms with van der Waals surface area (Å²) in [7, 11) is 0. The van der Waals surface area contributed by atoms with Gasteiger partial charge in [-0.2, -0.15) is 0 Å². The molecule has 1 atom stereocenters. The van der Waals surface area contributed by atoms with E-state index in [1.165, 1.54) is 0 Å². The maximum absolute atomic E-state index is 10.3. The summed E-state index contributed by atoms with van der Waals surface area (Å²) in [6.07, 6.45) is 0.565. The van der Waals surface area contributed by atoms with Crippen LogP contribution in [0.1, 0.15) is 0 Å². The van der Waals surface area contributed by atoms with Crippen molar-refractivity contribution in [1.82, 2.24) is 0 Å². The van der Waals surface area contributed by atoms with Gasteiger partial charge in [-0.1, -0.05) is 5.11 Å². The Morgan fingerprint density at radius 3 is 2.55 bits per heavy atom. The number of hydrogen-bond donors (Lipinski definition) is 1. The zero-order valence-corrected chi connectivity index (χ0v) is 5.04. The van der Waals surface area contributed by atoms with Gasteiger partial charge >= 0.3 is 11.6 Å². The van der Waals surface area contributed by atoms with Crippen molar-refractivity contribution in [3.05, 3.63) is 10.1 Å². The summed E-state index contributed by atoms with van der Waals surface area (Å²) in [6, 6.07) is 0. The molecule has 0 amide bonds. The molecule has 8 nitrogen and oxygen atoms in total. The first-order valence-corrected chi connectivity index (χ1v) is 2.44. The molecule has 0 saturated heterocycles. The van der Waals surface area contributed by atoms with Crippen LogP contribution in [0, 0.1) is 10.1 Å². The van der Waals surface area contributed by atoms with Crippen LogP contribution in [0.4, 0.5) is 0 Å². The van der Waals surface area contributed by atoms with Crippen LogP contribution in [-0.4, -0.2) is 27.9 Å². The lowest BCUT2D eigenvalue weighted by Gasteiger charge is -2.03. The first kappa shape index (κ1) is 7.25. The standard InChI is InChI=1S/C3H2N4O4/c8-2(9)3(7(10)11)1-4-6-5-3/h1H,(H,8,9). The van der Waals surface area contributed by atoms with Gasteiger partial charge in [0.1, 0.15) is 6.21 Å². The Labute approximate surface area is 59.4 Å². The number of aliphatic carboxylic acids is 1. The van der Waals surface area contributed by atoms with Gasteiger partial charge < -0.3 is 5.11 Å². The lowest BCUT2D eigenvalue weighted by Crippen LogP contribution is -2.44. The number of rotatable bonds is 2.